The molecule has 1 saturated heterocycles. The van der Waals surface area contributed by atoms with Gasteiger partial charge in [0.05, 0.1) is 0 Å². The van der Waals surface area contributed by atoms with Crippen molar-refractivity contribution < 1.29 is 13.5 Å². The Balaban J connectivity index is 1.94. The summed E-state index contributed by atoms with van der Waals surface area (Å²) in [5.74, 6) is 0.473. The molecule has 1 aromatic carbocycles. The molecule has 1 aliphatic heterocycles. The SMILES string of the molecule is NC1CCCN(c2ccc(OCC(F)F)cc2)C1. The highest BCUT2D eigenvalue weighted by Crippen LogP contribution is 2.22. The first-order valence-electron chi connectivity index (χ1n) is 6.16. The normalized spacial score (nSPS) is 20.2. The first-order valence-corrected chi connectivity index (χ1v) is 6.16. The lowest BCUT2D eigenvalue weighted by atomic mass is 10.1. The van der Waals surface area contributed by atoms with Crippen LogP contribution in [0.5, 0.6) is 5.75 Å². The highest BCUT2D eigenvalue weighted by atomic mass is 19.3. The van der Waals surface area contributed by atoms with Crippen molar-refractivity contribution in [3.8, 4) is 5.75 Å². The van der Waals surface area contributed by atoms with Crippen molar-refractivity contribution in [2.75, 3.05) is 24.6 Å². The Morgan fingerprint density at radius 3 is 2.67 bits per heavy atom. The molecule has 18 heavy (non-hydrogen) atoms. The number of halogens is 2. The highest BCUT2D eigenvalue weighted by molar-refractivity contribution is 5.49. The number of alkyl halides is 2. The van der Waals surface area contributed by atoms with Crippen LogP contribution in [0.25, 0.3) is 0 Å². The zero-order valence-corrected chi connectivity index (χ0v) is 10.2. The summed E-state index contributed by atoms with van der Waals surface area (Å²) in [6.45, 7) is 1.27. The van der Waals surface area contributed by atoms with Gasteiger partial charge in [-0.05, 0) is 37.1 Å². The fourth-order valence-corrected chi connectivity index (χ4v) is 2.16. The van der Waals surface area contributed by atoms with Crippen molar-refractivity contribution in [1.82, 2.24) is 0 Å². The third-order valence-electron chi connectivity index (χ3n) is 3.04. The zero-order valence-electron chi connectivity index (χ0n) is 10.2. The van der Waals surface area contributed by atoms with Crippen LogP contribution in [0.3, 0.4) is 0 Å². The molecule has 1 heterocycles. The van der Waals surface area contributed by atoms with Crippen molar-refractivity contribution in [2.24, 2.45) is 5.73 Å². The third-order valence-corrected chi connectivity index (χ3v) is 3.04. The van der Waals surface area contributed by atoms with Gasteiger partial charge in [0.15, 0.2) is 0 Å². The molecular formula is C13H18F2N2O. The summed E-state index contributed by atoms with van der Waals surface area (Å²) in [4.78, 5) is 2.21. The Hall–Kier alpha value is -1.36. The maximum Gasteiger partial charge on any atom is 0.272 e. The van der Waals surface area contributed by atoms with E-state index in [1.807, 2.05) is 12.1 Å². The van der Waals surface area contributed by atoms with E-state index in [9.17, 15) is 8.78 Å². The maximum atomic E-state index is 12.0. The summed E-state index contributed by atoms with van der Waals surface area (Å²) in [7, 11) is 0. The number of hydrogen-bond acceptors (Lipinski definition) is 3. The van der Waals surface area contributed by atoms with Gasteiger partial charge in [-0.3, -0.25) is 0 Å². The topological polar surface area (TPSA) is 38.5 Å². The lowest BCUT2D eigenvalue weighted by molar-refractivity contribution is 0.0819. The van der Waals surface area contributed by atoms with Gasteiger partial charge >= 0.3 is 0 Å². The minimum Gasteiger partial charge on any atom is -0.488 e. The number of ether oxygens (including phenoxy) is 1. The van der Waals surface area contributed by atoms with Crippen LogP contribution < -0.4 is 15.4 Å². The van der Waals surface area contributed by atoms with Crippen LogP contribution in [0.2, 0.25) is 0 Å². The van der Waals surface area contributed by atoms with E-state index in [1.54, 1.807) is 12.1 Å². The third kappa shape index (κ3) is 3.57. The molecule has 3 nitrogen and oxygen atoms in total. The first-order chi connectivity index (χ1) is 8.65. The minimum atomic E-state index is -2.44. The molecule has 0 amide bonds. The predicted octanol–water partition coefficient (Wildman–Crippen LogP) is 2.26. The molecular weight excluding hydrogens is 238 g/mol. The summed E-state index contributed by atoms with van der Waals surface area (Å²) in [5.41, 5.74) is 6.99. The second kappa shape index (κ2) is 6.00. The van der Waals surface area contributed by atoms with Gasteiger partial charge in [0.2, 0.25) is 0 Å². The van der Waals surface area contributed by atoms with Crippen LogP contribution in [0.4, 0.5) is 14.5 Å². The number of nitrogens with two attached hydrogens (primary N) is 1. The van der Waals surface area contributed by atoms with Crippen LogP contribution in [0.15, 0.2) is 24.3 Å². The van der Waals surface area contributed by atoms with E-state index >= 15 is 0 Å². The van der Waals surface area contributed by atoms with Gasteiger partial charge in [-0.15, -0.1) is 0 Å². The van der Waals surface area contributed by atoms with Crippen molar-refractivity contribution >= 4 is 5.69 Å². The second-order valence-corrected chi connectivity index (χ2v) is 4.54. The van der Waals surface area contributed by atoms with E-state index in [1.165, 1.54) is 0 Å². The maximum absolute atomic E-state index is 12.0. The van der Waals surface area contributed by atoms with E-state index in [0.717, 1.165) is 31.6 Å². The second-order valence-electron chi connectivity index (χ2n) is 4.54. The molecule has 0 spiro atoms. The molecule has 0 radical (unpaired) electrons. The number of rotatable bonds is 4. The molecule has 1 unspecified atom stereocenters. The van der Waals surface area contributed by atoms with Crippen molar-refractivity contribution in [2.45, 2.75) is 25.3 Å². The molecule has 1 aromatic rings. The van der Waals surface area contributed by atoms with Gasteiger partial charge in [-0.25, -0.2) is 8.78 Å². The molecule has 5 heteroatoms. The highest BCUT2D eigenvalue weighted by Gasteiger charge is 2.16. The van der Waals surface area contributed by atoms with E-state index in [0.29, 0.717) is 5.75 Å². The zero-order chi connectivity index (χ0) is 13.0. The monoisotopic (exact) mass is 256 g/mol. The van der Waals surface area contributed by atoms with Gasteiger partial charge in [-0.2, -0.15) is 0 Å². The Morgan fingerprint density at radius 2 is 2.06 bits per heavy atom. The van der Waals surface area contributed by atoms with E-state index < -0.39 is 13.0 Å². The fraction of sp³-hybridized carbons (Fsp3) is 0.538. The average Bonchev–Trinajstić information content (AvgIpc) is 2.37. The number of nitrogens with zero attached hydrogens (tertiary/aromatic N) is 1. The van der Waals surface area contributed by atoms with Crippen molar-refractivity contribution in [1.29, 1.82) is 0 Å². The van der Waals surface area contributed by atoms with Crippen molar-refractivity contribution in [3.63, 3.8) is 0 Å². The van der Waals surface area contributed by atoms with Crippen LogP contribution >= 0.6 is 0 Å². The molecule has 0 aromatic heterocycles. The van der Waals surface area contributed by atoms with Gasteiger partial charge < -0.3 is 15.4 Å². The van der Waals surface area contributed by atoms with Gasteiger partial charge in [0.1, 0.15) is 12.4 Å². The van der Waals surface area contributed by atoms with Gasteiger partial charge in [0, 0.05) is 24.8 Å². The smallest absolute Gasteiger partial charge is 0.272 e. The predicted molar refractivity (Wildman–Crippen MR) is 67.4 cm³/mol. The van der Waals surface area contributed by atoms with Crippen molar-refractivity contribution in [3.05, 3.63) is 24.3 Å². The molecule has 1 aliphatic rings. The largest absolute Gasteiger partial charge is 0.488 e. The molecule has 2 rings (SSSR count). The summed E-state index contributed by atoms with van der Waals surface area (Å²) in [5, 5.41) is 0. The molecule has 100 valence electrons. The Bertz CT molecular complexity index is 370. The lowest BCUT2D eigenvalue weighted by Gasteiger charge is -2.32. The quantitative estimate of drug-likeness (QED) is 0.898. The number of anilines is 1. The standard InChI is InChI=1S/C13H18F2N2O/c14-13(15)9-18-12-5-3-11(4-6-12)17-7-1-2-10(16)8-17/h3-6,10,13H,1-2,7-9,16H2. The lowest BCUT2D eigenvalue weighted by Crippen LogP contribution is -2.42. The molecule has 1 atom stereocenters. The Labute approximate surface area is 106 Å². The molecule has 0 aliphatic carbocycles. The van der Waals surface area contributed by atoms with Crippen LogP contribution in [0, 0.1) is 0 Å². The molecule has 2 N–H and O–H groups in total. The van der Waals surface area contributed by atoms with Crippen LogP contribution in [0.1, 0.15) is 12.8 Å². The molecule has 0 saturated carbocycles. The number of hydrogen-bond donors (Lipinski definition) is 1. The average molecular weight is 256 g/mol. The Morgan fingerprint density at radius 1 is 1.33 bits per heavy atom. The van der Waals surface area contributed by atoms with E-state index in [4.69, 9.17) is 10.5 Å². The van der Waals surface area contributed by atoms with Gasteiger partial charge in [-0.1, -0.05) is 0 Å². The summed E-state index contributed by atoms with van der Waals surface area (Å²) < 4.78 is 28.9. The fourth-order valence-electron chi connectivity index (χ4n) is 2.16. The number of piperidine rings is 1. The van der Waals surface area contributed by atoms with Crippen LogP contribution in [-0.4, -0.2) is 32.2 Å². The van der Waals surface area contributed by atoms with Gasteiger partial charge in [0.25, 0.3) is 6.43 Å². The summed E-state index contributed by atoms with van der Waals surface area (Å²) in [6.07, 6.45) is -0.290. The molecule has 0 bridgehead atoms. The first kappa shape index (κ1) is 13.1. The Kier molecular flexibility index (Phi) is 4.36. The summed E-state index contributed by atoms with van der Waals surface area (Å²) in [6, 6.07) is 7.43. The van der Waals surface area contributed by atoms with Crippen LogP contribution in [-0.2, 0) is 0 Å². The number of benzene rings is 1. The summed E-state index contributed by atoms with van der Waals surface area (Å²) >= 11 is 0. The van der Waals surface area contributed by atoms with E-state index in [2.05, 4.69) is 4.90 Å². The molecule has 1 fully saturated rings. The minimum absolute atomic E-state index is 0.216. The van der Waals surface area contributed by atoms with E-state index in [-0.39, 0.29) is 6.04 Å².